The number of ketones is 1. The van der Waals surface area contributed by atoms with Gasteiger partial charge >= 0.3 is 0 Å². The fraction of sp³-hybridized carbons (Fsp3) is 0.438. The summed E-state index contributed by atoms with van der Waals surface area (Å²) in [5.74, 6) is -0.605. The maximum atomic E-state index is 12.7. The predicted octanol–water partition coefficient (Wildman–Crippen LogP) is 2.33. The molecule has 1 aliphatic heterocycles. The van der Waals surface area contributed by atoms with Gasteiger partial charge in [-0.1, -0.05) is 30.3 Å². The lowest BCUT2D eigenvalue weighted by Gasteiger charge is -2.23. The summed E-state index contributed by atoms with van der Waals surface area (Å²) >= 11 is 0. The number of ether oxygens (including phenoxy) is 1. The summed E-state index contributed by atoms with van der Waals surface area (Å²) in [7, 11) is 0. The van der Waals surface area contributed by atoms with Crippen LogP contribution in [0.5, 0.6) is 0 Å². The molecule has 0 amide bonds. The third-order valence-corrected chi connectivity index (χ3v) is 4.75. The van der Waals surface area contributed by atoms with Crippen molar-refractivity contribution in [3.05, 3.63) is 35.9 Å². The minimum Gasteiger partial charge on any atom is -0.381 e. The van der Waals surface area contributed by atoms with Crippen LogP contribution in [0.2, 0.25) is 0 Å². The Morgan fingerprint density at radius 1 is 1.15 bits per heavy atom. The van der Waals surface area contributed by atoms with Crippen LogP contribution < -0.4 is 0 Å². The van der Waals surface area contributed by atoms with Gasteiger partial charge in [-0.15, -0.1) is 0 Å². The van der Waals surface area contributed by atoms with E-state index in [0.29, 0.717) is 31.6 Å². The lowest BCUT2D eigenvalue weighted by atomic mass is 9.87. The lowest BCUT2D eigenvalue weighted by molar-refractivity contribution is 0.0455. The lowest BCUT2D eigenvalue weighted by Crippen LogP contribution is -2.23. The van der Waals surface area contributed by atoms with Crippen molar-refractivity contribution < 1.29 is 9.53 Å². The number of Topliss-reactive ketones (excluding diaryl/α,β-unsaturated/α-hetero) is 1. The quantitative estimate of drug-likeness (QED) is 0.770. The Morgan fingerprint density at radius 3 is 2.30 bits per heavy atom. The number of nitriles is 2. The summed E-state index contributed by atoms with van der Waals surface area (Å²) in [4.78, 5) is 12.7. The number of rotatable bonds is 2. The molecule has 1 spiro atoms. The van der Waals surface area contributed by atoms with E-state index in [-0.39, 0.29) is 5.78 Å². The third-order valence-electron chi connectivity index (χ3n) is 4.75. The van der Waals surface area contributed by atoms with Crippen LogP contribution in [-0.4, -0.2) is 19.0 Å². The second kappa shape index (κ2) is 4.44. The van der Waals surface area contributed by atoms with Crippen LogP contribution in [0.25, 0.3) is 0 Å². The molecule has 100 valence electrons. The van der Waals surface area contributed by atoms with Gasteiger partial charge in [-0.3, -0.25) is 4.79 Å². The topological polar surface area (TPSA) is 73.9 Å². The average molecular weight is 266 g/mol. The van der Waals surface area contributed by atoms with E-state index < -0.39 is 16.7 Å². The van der Waals surface area contributed by atoms with Gasteiger partial charge in [0.05, 0.1) is 18.1 Å². The van der Waals surface area contributed by atoms with Crippen LogP contribution in [0.3, 0.4) is 0 Å². The molecule has 20 heavy (non-hydrogen) atoms. The van der Waals surface area contributed by atoms with Crippen molar-refractivity contribution >= 4 is 5.78 Å². The average Bonchev–Trinajstić information content (AvgIpc) is 3.08. The van der Waals surface area contributed by atoms with Gasteiger partial charge < -0.3 is 4.74 Å². The van der Waals surface area contributed by atoms with Crippen molar-refractivity contribution in [2.24, 2.45) is 16.7 Å². The molecule has 4 nitrogen and oxygen atoms in total. The molecule has 1 aromatic rings. The summed E-state index contributed by atoms with van der Waals surface area (Å²) in [5, 5.41) is 18.9. The molecule has 0 bridgehead atoms. The van der Waals surface area contributed by atoms with Gasteiger partial charge in [0.1, 0.15) is 0 Å². The van der Waals surface area contributed by atoms with Crippen LogP contribution >= 0.6 is 0 Å². The summed E-state index contributed by atoms with van der Waals surface area (Å²) < 4.78 is 5.33. The van der Waals surface area contributed by atoms with Gasteiger partial charge in [-0.2, -0.15) is 10.5 Å². The van der Waals surface area contributed by atoms with Crippen molar-refractivity contribution in [3.8, 4) is 12.1 Å². The van der Waals surface area contributed by atoms with Crippen LogP contribution in [0.1, 0.15) is 23.2 Å². The molecule has 1 saturated carbocycles. The van der Waals surface area contributed by atoms with E-state index in [1.807, 2.05) is 6.07 Å². The molecule has 0 radical (unpaired) electrons. The molecular weight excluding hydrogens is 252 g/mol. The maximum Gasteiger partial charge on any atom is 0.169 e. The van der Waals surface area contributed by atoms with Crippen molar-refractivity contribution in [2.45, 2.75) is 12.8 Å². The molecule has 1 atom stereocenters. The first kappa shape index (κ1) is 12.8. The first-order valence-corrected chi connectivity index (χ1v) is 6.71. The highest BCUT2D eigenvalue weighted by atomic mass is 16.5. The second-order valence-electron chi connectivity index (χ2n) is 5.46. The molecule has 3 rings (SSSR count). The fourth-order valence-electron chi connectivity index (χ4n) is 3.61. The summed E-state index contributed by atoms with van der Waals surface area (Å²) in [6, 6.07) is 13.2. The Morgan fingerprint density at radius 2 is 1.75 bits per heavy atom. The molecule has 0 N–H and O–H groups in total. The zero-order valence-corrected chi connectivity index (χ0v) is 11.0. The van der Waals surface area contributed by atoms with Gasteiger partial charge in [0, 0.05) is 24.2 Å². The van der Waals surface area contributed by atoms with Crippen LogP contribution in [0.4, 0.5) is 0 Å². The molecule has 2 fully saturated rings. The molecular formula is C16H14N2O2. The van der Waals surface area contributed by atoms with E-state index in [0.717, 1.165) is 0 Å². The van der Waals surface area contributed by atoms with Gasteiger partial charge in [-0.25, -0.2) is 0 Å². The second-order valence-corrected chi connectivity index (χ2v) is 5.46. The number of nitrogens with zero attached hydrogens (tertiary/aromatic N) is 2. The summed E-state index contributed by atoms with van der Waals surface area (Å²) in [5.41, 5.74) is -1.11. The molecule has 2 aliphatic rings. The first-order chi connectivity index (χ1) is 9.72. The van der Waals surface area contributed by atoms with Crippen molar-refractivity contribution in [1.82, 2.24) is 0 Å². The smallest absolute Gasteiger partial charge is 0.169 e. The molecule has 1 aromatic carbocycles. The number of benzene rings is 1. The Kier molecular flexibility index (Phi) is 2.85. The van der Waals surface area contributed by atoms with Gasteiger partial charge in [0.2, 0.25) is 0 Å². The highest BCUT2D eigenvalue weighted by Gasteiger charge is 2.80. The SMILES string of the molecule is N#CC1(C#N)[C@H](C(=O)c2ccccc2)C12CCOCC2. The summed E-state index contributed by atoms with van der Waals surface area (Å²) in [6.07, 6.45) is 1.22. The number of hydrogen-bond acceptors (Lipinski definition) is 4. The Bertz CT molecular complexity index is 604. The molecule has 0 aromatic heterocycles. The van der Waals surface area contributed by atoms with Gasteiger partial charge in [0.25, 0.3) is 0 Å². The molecule has 1 aliphatic carbocycles. The minimum atomic E-state index is -1.18. The Hall–Kier alpha value is -2.17. The van der Waals surface area contributed by atoms with Crippen LogP contribution in [0.15, 0.2) is 30.3 Å². The van der Waals surface area contributed by atoms with E-state index >= 15 is 0 Å². The van der Waals surface area contributed by atoms with Crippen molar-refractivity contribution in [1.29, 1.82) is 10.5 Å². The normalized spacial score (nSPS) is 25.4. The van der Waals surface area contributed by atoms with Crippen molar-refractivity contribution in [2.75, 3.05) is 13.2 Å². The van der Waals surface area contributed by atoms with Crippen LogP contribution in [0, 0.1) is 39.4 Å². The highest BCUT2D eigenvalue weighted by molar-refractivity contribution is 6.02. The van der Waals surface area contributed by atoms with E-state index in [1.165, 1.54) is 0 Å². The molecule has 1 heterocycles. The summed E-state index contributed by atoms with van der Waals surface area (Å²) in [6.45, 7) is 1.04. The number of hydrogen-bond donors (Lipinski definition) is 0. The van der Waals surface area contributed by atoms with Gasteiger partial charge in [0.15, 0.2) is 11.2 Å². The highest BCUT2D eigenvalue weighted by Crippen LogP contribution is 2.73. The van der Waals surface area contributed by atoms with E-state index in [2.05, 4.69) is 12.1 Å². The fourth-order valence-corrected chi connectivity index (χ4v) is 3.61. The zero-order chi connectivity index (χ0) is 14.2. The largest absolute Gasteiger partial charge is 0.381 e. The number of carbonyl (C=O) groups excluding carboxylic acids is 1. The molecule has 4 heteroatoms. The number of carbonyl (C=O) groups is 1. The van der Waals surface area contributed by atoms with E-state index in [1.54, 1.807) is 24.3 Å². The first-order valence-electron chi connectivity index (χ1n) is 6.71. The molecule has 0 unspecified atom stereocenters. The standard InChI is InChI=1S/C16H14N2O2/c17-10-16(11-18)14(15(16)6-8-20-9-7-15)13(19)12-4-2-1-3-5-12/h1-5,14H,6-9H2/t14-/m1/s1. The zero-order valence-electron chi connectivity index (χ0n) is 11.0. The van der Waals surface area contributed by atoms with E-state index in [9.17, 15) is 15.3 Å². The maximum absolute atomic E-state index is 12.7. The monoisotopic (exact) mass is 266 g/mol. The van der Waals surface area contributed by atoms with E-state index in [4.69, 9.17) is 4.74 Å². The third kappa shape index (κ3) is 1.46. The minimum absolute atomic E-state index is 0.0874. The Balaban J connectivity index is 1.99. The van der Waals surface area contributed by atoms with Crippen molar-refractivity contribution in [3.63, 3.8) is 0 Å². The van der Waals surface area contributed by atoms with Crippen LogP contribution in [-0.2, 0) is 4.74 Å². The van der Waals surface area contributed by atoms with Gasteiger partial charge in [-0.05, 0) is 12.8 Å². The Labute approximate surface area is 117 Å². The predicted molar refractivity (Wildman–Crippen MR) is 70.4 cm³/mol. The molecule has 1 saturated heterocycles.